The van der Waals surface area contributed by atoms with Crippen LogP contribution in [0.1, 0.15) is 25.3 Å². The summed E-state index contributed by atoms with van der Waals surface area (Å²) in [5, 5.41) is 0. The maximum absolute atomic E-state index is 12.9. The van der Waals surface area contributed by atoms with E-state index in [0.717, 1.165) is 18.4 Å². The van der Waals surface area contributed by atoms with Crippen LogP contribution in [-0.2, 0) is 21.3 Å². The molecule has 5 nitrogen and oxygen atoms in total. The standard InChI is InChI=1S/C15H24N2O3S/c1-12(14-5-6-14)17(9-10-20-2)21(18,19)15-7-3-13(11-16)4-8-15/h3-4,7-8,12,14H,5-6,9-11,16H2,1-2H3. The van der Waals surface area contributed by atoms with Crippen molar-refractivity contribution < 1.29 is 13.2 Å². The minimum Gasteiger partial charge on any atom is -0.383 e. The molecule has 0 aliphatic heterocycles. The molecule has 1 unspecified atom stereocenters. The molecule has 0 spiro atoms. The minimum atomic E-state index is -3.49. The lowest BCUT2D eigenvalue weighted by Crippen LogP contribution is -2.41. The van der Waals surface area contributed by atoms with Crippen molar-refractivity contribution >= 4 is 10.0 Å². The Labute approximate surface area is 127 Å². The topological polar surface area (TPSA) is 72.6 Å². The summed E-state index contributed by atoms with van der Waals surface area (Å²) in [4.78, 5) is 0.323. The third-order valence-electron chi connectivity index (χ3n) is 4.04. The fraction of sp³-hybridized carbons (Fsp3) is 0.600. The van der Waals surface area contributed by atoms with Crippen LogP contribution in [0.5, 0.6) is 0 Å². The molecule has 0 saturated heterocycles. The van der Waals surface area contributed by atoms with Crippen molar-refractivity contribution in [3.8, 4) is 0 Å². The van der Waals surface area contributed by atoms with Crippen molar-refractivity contribution in [2.24, 2.45) is 11.7 Å². The molecule has 1 aromatic rings. The molecule has 21 heavy (non-hydrogen) atoms. The molecule has 0 amide bonds. The van der Waals surface area contributed by atoms with Gasteiger partial charge in [0, 0.05) is 26.2 Å². The molecule has 0 bridgehead atoms. The summed E-state index contributed by atoms with van der Waals surface area (Å²) in [6.45, 7) is 3.18. The van der Waals surface area contributed by atoms with Gasteiger partial charge in [0.2, 0.25) is 10.0 Å². The molecule has 1 aliphatic carbocycles. The molecular formula is C15H24N2O3S. The van der Waals surface area contributed by atoms with Crippen molar-refractivity contribution in [3.05, 3.63) is 29.8 Å². The summed E-state index contributed by atoms with van der Waals surface area (Å²) in [5.41, 5.74) is 6.48. The summed E-state index contributed by atoms with van der Waals surface area (Å²) in [6.07, 6.45) is 2.21. The van der Waals surface area contributed by atoms with Crippen molar-refractivity contribution in [1.29, 1.82) is 0 Å². The normalized spacial score (nSPS) is 17.1. The van der Waals surface area contributed by atoms with E-state index in [9.17, 15) is 8.42 Å². The lowest BCUT2D eigenvalue weighted by molar-refractivity contribution is 0.164. The Morgan fingerprint density at radius 3 is 2.43 bits per heavy atom. The van der Waals surface area contributed by atoms with Gasteiger partial charge in [0.1, 0.15) is 0 Å². The predicted molar refractivity (Wildman–Crippen MR) is 82.3 cm³/mol. The smallest absolute Gasteiger partial charge is 0.243 e. The second-order valence-electron chi connectivity index (χ2n) is 5.53. The third-order valence-corrected chi connectivity index (χ3v) is 6.04. The van der Waals surface area contributed by atoms with Crippen LogP contribution in [0, 0.1) is 5.92 Å². The average molecular weight is 312 g/mol. The first kappa shape index (κ1) is 16.4. The Bertz CT molecular complexity index is 553. The quantitative estimate of drug-likeness (QED) is 0.791. The molecule has 0 heterocycles. The van der Waals surface area contributed by atoms with Crippen LogP contribution in [0.2, 0.25) is 0 Å². The number of nitrogens with zero attached hydrogens (tertiary/aromatic N) is 1. The number of hydrogen-bond acceptors (Lipinski definition) is 4. The van der Waals surface area contributed by atoms with Crippen LogP contribution in [0.3, 0.4) is 0 Å². The van der Waals surface area contributed by atoms with Crippen LogP contribution in [0.25, 0.3) is 0 Å². The highest BCUT2D eigenvalue weighted by atomic mass is 32.2. The lowest BCUT2D eigenvalue weighted by atomic mass is 10.2. The molecule has 1 aromatic carbocycles. The van der Waals surface area contributed by atoms with E-state index in [-0.39, 0.29) is 6.04 Å². The lowest BCUT2D eigenvalue weighted by Gasteiger charge is -2.28. The van der Waals surface area contributed by atoms with Crippen LogP contribution in [0.15, 0.2) is 29.2 Å². The average Bonchev–Trinajstić information content (AvgIpc) is 3.32. The number of benzene rings is 1. The van der Waals surface area contributed by atoms with Gasteiger partial charge in [-0.1, -0.05) is 12.1 Å². The summed E-state index contributed by atoms with van der Waals surface area (Å²) >= 11 is 0. The van der Waals surface area contributed by atoms with Crippen molar-refractivity contribution in [2.75, 3.05) is 20.3 Å². The fourth-order valence-electron chi connectivity index (χ4n) is 2.47. The Balaban J connectivity index is 2.26. The SMILES string of the molecule is COCCN(C(C)C1CC1)S(=O)(=O)c1ccc(CN)cc1. The van der Waals surface area contributed by atoms with E-state index in [4.69, 9.17) is 10.5 Å². The largest absolute Gasteiger partial charge is 0.383 e. The number of hydrogen-bond donors (Lipinski definition) is 1. The van der Waals surface area contributed by atoms with Gasteiger partial charge in [-0.25, -0.2) is 8.42 Å². The number of ether oxygens (including phenoxy) is 1. The van der Waals surface area contributed by atoms with Gasteiger partial charge in [-0.3, -0.25) is 0 Å². The summed E-state index contributed by atoms with van der Waals surface area (Å²) in [7, 11) is -1.90. The van der Waals surface area contributed by atoms with E-state index in [1.807, 2.05) is 6.92 Å². The van der Waals surface area contributed by atoms with E-state index >= 15 is 0 Å². The molecule has 0 aromatic heterocycles. The first-order valence-electron chi connectivity index (χ1n) is 7.30. The molecule has 0 radical (unpaired) electrons. The van der Waals surface area contributed by atoms with Crippen molar-refractivity contribution in [2.45, 2.75) is 37.2 Å². The zero-order valence-electron chi connectivity index (χ0n) is 12.7. The van der Waals surface area contributed by atoms with Gasteiger partial charge in [-0.15, -0.1) is 0 Å². The highest BCUT2D eigenvalue weighted by Crippen LogP contribution is 2.37. The molecule has 118 valence electrons. The van der Waals surface area contributed by atoms with Gasteiger partial charge in [0.05, 0.1) is 11.5 Å². The number of rotatable bonds is 8. The van der Waals surface area contributed by atoms with E-state index < -0.39 is 10.0 Å². The Morgan fingerprint density at radius 1 is 1.33 bits per heavy atom. The van der Waals surface area contributed by atoms with Crippen LogP contribution in [-0.4, -0.2) is 39.0 Å². The third kappa shape index (κ3) is 3.83. The van der Waals surface area contributed by atoms with Crippen LogP contribution in [0.4, 0.5) is 0 Å². The highest BCUT2D eigenvalue weighted by molar-refractivity contribution is 7.89. The van der Waals surface area contributed by atoms with E-state index in [1.165, 1.54) is 0 Å². The zero-order chi connectivity index (χ0) is 15.5. The first-order chi connectivity index (χ1) is 10.0. The van der Waals surface area contributed by atoms with Gasteiger partial charge < -0.3 is 10.5 Å². The van der Waals surface area contributed by atoms with Crippen molar-refractivity contribution in [3.63, 3.8) is 0 Å². The summed E-state index contributed by atoms with van der Waals surface area (Å²) < 4.78 is 32.3. The molecule has 2 N–H and O–H groups in total. The molecule has 1 aliphatic rings. The predicted octanol–water partition coefficient (Wildman–Crippen LogP) is 1.58. The monoisotopic (exact) mass is 312 g/mol. The number of sulfonamides is 1. The molecular weight excluding hydrogens is 288 g/mol. The van der Waals surface area contributed by atoms with Crippen molar-refractivity contribution in [1.82, 2.24) is 4.31 Å². The molecule has 2 rings (SSSR count). The Morgan fingerprint density at radius 2 is 1.95 bits per heavy atom. The fourth-order valence-corrected chi connectivity index (χ4v) is 4.15. The second kappa shape index (κ2) is 6.87. The molecule has 6 heteroatoms. The molecule has 1 saturated carbocycles. The van der Waals surface area contributed by atoms with E-state index in [2.05, 4.69) is 0 Å². The summed E-state index contributed by atoms with van der Waals surface area (Å²) in [5.74, 6) is 0.472. The second-order valence-corrected chi connectivity index (χ2v) is 7.43. The van der Waals surface area contributed by atoms with Crippen LogP contribution >= 0.6 is 0 Å². The number of nitrogens with two attached hydrogens (primary N) is 1. The number of methoxy groups -OCH3 is 1. The van der Waals surface area contributed by atoms with Gasteiger partial charge in [0.15, 0.2) is 0 Å². The highest BCUT2D eigenvalue weighted by Gasteiger charge is 2.37. The Hall–Kier alpha value is -0.950. The maximum Gasteiger partial charge on any atom is 0.243 e. The Kier molecular flexibility index (Phi) is 5.37. The van der Waals surface area contributed by atoms with Gasteiger partial charge in [-0.05, 0) is 43.4 Å². The van der Waals surface area contributed by atoms with E-state index in [0.29, 0.717) is 30.5 Å². The van der Waals surface area contributed by atoms with Crippen LogP contribution < -0.4 is 5.73 Å². The minimum absolute atomic E-state index is 0.0133. The van der Waals surface area contributed by atoms with Gasteiger partial charge in [-0.2, -0.15) is 4.31 Å². The van der Waals surface area contributed by atoms with E-state index in [1.54, 1.807) is 35.7 Å². The maximum atomic E-state index is 12.9. The summed E-state index contributed by atoms with van der Waals surface area (Å²) in [6, 6.07) is 6.82. The van der Waals surface area contributed by atoms with Gasteiger partial charge in [0.25, 0.3) is 0 Å². The van der Waals surface area contributed by atoms with Gasteiger partial charge >= 0.3 is 0 Å². The molecule has 1 fully saturated rings. The first-order valence-corrected chi connectivity index (χ1v) is 8.74. The zero-order valence-corrected chi connectivity index (χ0v) is 13.5. The molecule has 1 atom stereocenters.